The van der Waals surface area contributed by atoms with Gasteiger partial charge in [-0.05, 0) is 45.8 Å². The molecule has 0 radical (unpaired) electrons. The van der Waals surface area contributed by atoms with Gasteiger partial charge in [-0.2, -0.15) is 0 Å². The number of methoxy groups -OCH3 is 1. The lowest BCUT2D eigenvalue weighted by Gasteiger charge is -2.32. The average molecular weight is 418 g/mol. The molecule has 3 rings (SSSR count). The Balaban J connectivity index is 1.66. The second-order valence-electron chi connectivity index (χ2n) is 8.10. The number of nitrogens with one attached hydrogen (secondary N) is 2. The van der Waals surface area contributed by atoms with Gasteiger partial charge in [-0.15, -0.1) is 0 Å². The SMILES string of the molecule is CCNC(=NCC(C)N1CCOCC1)NCC(c1ccccc1OC)N1CCCC1. The lowest BCUT2D eigenvalue weighted by Crippen LogP contribution is -2.45. The van der Waals surface area contributed by atoms with Crippen molar-refractivity contribution in [1.82, 2.24) is 20.4 Å². The summed E-state index contributed by atoms with van der Waals surface area (Å²) in [5.41, 5.74) is 1.24. The van der Waals surface area contributed by atoms with Crippen LogP contribution < -0.4 is 15.4 Å². The van der Waals surface area contributed by atoms with E-state index >= 15 is 0 Å². The van der Waals surface area contributed by atoms with Gasteiger partial charge < -0.3 is 20.1 Å². The van der Waals surface area contributed by atoms with E-state index in [2.05, 4.69) is 52.5 Å². The Morgan fingerprint density at radius 1 is 1.10 bits per heavy atom. The largest absolute Gasteiger partial charge is 0.496 e. The Bertz CT molecular complexity index is 657. The van der Waals surface area contributed by atoms with Gasteiger partial charge in [0.1, 0.15) is 5.75 Å². The van der Waals surface area contributed by atoms with Crippen LogP contribution in [0.2, 0.25) is 0 Å². The zero-order valence-electron chi connectivity index (χ0n) is 18.9. The molecule has 2 aliphatic rings. The summed E-state index contributed by atoms with van der Waals surface area (Å²) in [6.45, 7) is 12.7. The van der Waals surface area contributed by atoms with E-state index in [1.165, 1.54) is 18.4 Å². The predicted octanol–water partition coefficient (Wildman–Crippen LogP) is 2.11. The molecule has 2 atom stereocenters. The molecule has 2 aliphatic heterocycles. The highest BCUT2D eigenvalue weighted by Crippen LogP contribution is 2.31. The first kappa shape index (κ1) is 22.8. The molecule has 2 fully saturated rings. The molecule has 0 aliphatic carbocycles. The van der Waals surface area contributed by atoms with Crippen molar-refractivity contribution in [3.63, 3.8) is 0 Å². The molecule has 30 heavy (non-hydrogen) atoms. The number of rotatable bonds is 9. The van der Waals surface area contributed by atoms with Crippen molar-refractivity contribution in [2.45, 2.75) is 38.8 Å². The van der Waals surface area contributed by atoms with Crippen LogP contribution in [0, 0.1) is 0 Å². The average Bonchev–Trinajstić information content (AvgIpc) is 3.33. The maximum atomic E-state index is 5.67. The number of nitrogens with zero attached hydrogens (tertiary/aromatic N) is 3. The van der Waals surface area contributed by atoms with E-state index in [1.807, 2.05) is 6.07 Å². The summed E-state index contributed by atoms with van der Waals surface area (Å²) in [6, 6.07) is 9.06. The molecule has 0 saturated carbocycles. The molecule has 1 aromatic rings. The Morgan fingerprint density at radius 2 is 1.83 bits per heavy atom. The zero-order chi connectivity index (χ0) is 21.2. The molecule has 2 saturated heterocycles. The van der Waals surface area contributed by atoms with E-state index in [9.17, 15) is 0 Å². The molecule has 168 valence electrons. The Kier molecular flexibility index (Phi) is 9.24. The van der Waals surface area contributed by atoms with Crippen molar-refractivity contribution in [1.29, 1.82) is 0 Å². The summed E-state index contributed by atoms with van der Waals surface area (Å²) < 4.78 is 11.1. The number of guanidine groups is 1. The van der Waals surface area contributed by atoms with Gasteiger partial charge in [0.15, 0.2) is 5.96 Å². The molecule has 2 unspecified atom stereocenters. The molecule has 0 amide bonds. The van der Waals surface area contributed by atoms with Crippen molar-refractivity contribution in [3.8, 4) is 5.75 Å². The molecule has 0 spiro atoms. The van der Waals surface area contributed by atoms with E-state index < -0.39 is 0 Å². The lowest BCUT2D eigenvalue weighted by atomic mass is 10.0. The molecule has 2 heterocycles. The minimum absolute atomic E-state index is 0.268. The number of benzene rings is 1. The van der Waals surface area contributed by atoms with Gasteiger partial charge in [-0.3, -0.25) is 14.8 Å². The number of hydrogen-bond donors (Lipinski definition) is 2. The van der Waals surface area contributed by atoms with Crippen LogP contribution in [0.3, 0.4) is 0 Å². The lowest BCUT2D eigenvalue weighted by molar-refractivity contribution is 0.0220. The first-order valence-electron chi connectivity index (χ1n) is 11.4. The van der Waals surface area contributed by atoms with E-state index in [4.69, 9.17) is 14.5 Å². The van der Waals surface area contributed by atoms with Crippen LogP contribution in [0.15, 0.2) is 29.3 Å². The Hall–Kier alpha value is -1.83. The summed E-state index contributed by atoms with van der Waals surface area (Å²) in [4.78, 5) is 9.90. The third-order valence-electron chi connectivity index (χ3n) is 6.07. The van der Waals surface area contributed by atoms with Gasteiger partial charge in [0.25, 0.3) is 0 Å². The van der Waals surface area contributed by atoms with Gasteiger partial charge in [0.2, 0.25) is 0 Å². The molecular formula is C23H39N5O2. The van der Waals surface area contributed by atoms with Crippen molar-refractivity contribution >= 4 is 5.96 Å². The molecule has 0 aromatic heterocycles. The fourth-order valence-corrected chi connectivity index (χ4v) is 4.32. The normalized spacial score (nSPS) is 20.7. The molecule has 0 bridgehead atoms. The number of para-hydroxylation sites is 1. The summed E-state index contributed by atoms with van der Waals surface area (Å²) in [5.74, 6) is 1.84. The van der Waals surface area contributed by atoms with Crippen LogP contribution in [0.25, 0.3) is 0 Å². The third kappa shape index (κ3) is 6.33. The van der Waals surface area contributed by atoms with E-state index in [-0.39, 0.29) is 6.04 Å². The second-order valence-corrected chi connectivity index (χ2v) is 8.10. The second kappa shape index (κ2) is 12.1. The van der Waals surface area contributed by atoms with Crippen molar-refractivity contribution in [2.24, 2.45) is 4.99 Å². The number of hydrogen-bond acceptors (Lipinski definition) is 5. The number of aliphatic imine (C=N–C) groups is 1. The van der Waals surface area contributed by atoms with Gasteiger partial charge in [0, 0.05) is 37.8 Å². The summed E-state index contributed by atoms with van der Waals surface area (Å²) in [6.07, 6.45) is 2.52. The topological polar surface area (TPSA) is 61.4 Å². The zero-order valence-corrected chi connectivity index (χ0v) is 18.9. The quantitative estimate of drug-likeness (QED) is 0.474. The smallest absolute Gasteiger partial charge is 0.191 e. The summed E-state index contributed by atoms with van der Waals surface area (Å²) in [7, 11) is 1.76. The van der Waals surface area contributed by atoms with Crippen molar-refractivity contribution in [2.75, 3.05) is 66.1 Å². The highest BCUT2D eigenvalue weighted by atomic mass is 16.5. The maximum absolute atomic E-state index is 5.67. The van der Waals surface area contributed by atoms with E-state index in [0.29, 0.717) is 6.04 Å². The van der Waals surface area contributed by atoms with Gasteiger partial charge in [-0.1, -0.05) is 18.2 Å². The Labute approximate surface area is 181 Å². The maximum Gasteiger partial charge on any atom is 0.191 e. The molecule has 7 heteroatoms. The molecule has 7 nitrogen and oxygen atoms in total. The summed E-state index contributed by atoms with van der Waals surface area (Å²) in [5, 5.41) is 7.02. The van der Waals surface area contributed by atoms with Gasteiger partial charge >= 0.3 is 0 Å². The predicted molar refractivity (Wildman–Crippen MR) is 122 cm³/mol. The highest BCUT2D eigenvalue weighted by molar-refractivity contribution is 5.79. The van der Waals surface area contributed by atoms with Crippen molar-refractivity contribution in [3.05, 3.63) is 29.8 Å². The van der Waals surface area contributed by atoms with Crippen LogP contribution in [0.1, 0.15) is 38.3 Å². The Morgan fingerprint density at radius 3 is 2.53 bits per heavy atom. The highest BCUT2D eigenvalue weighted by Gasteiger charge is 2.26. The fraction of sp³-hybridized carbons (Fsp3) is 0.696. The van der Waals surface area contributed by atoms with Crippen LogP contribution in [0.4, 0.5) is 0 Å². The number of morpholine rings is 1. The van der Waals surface area contributed by atoms with Gasteiger partial charge in [0.05, 0.1) is 32.9 Å². The van der Waals surface area contributed by atoms with Crippen LogP contribution >= 0.6 is 0 Å². The molecule has 1 aromatic carbocycles. The van der Waals surface area contributed by atoms with Crippen LogP contribution in [-0.2, 0) is 4.74 Å². The minimum Gasteiger partial charge on any atom is -0.496 e. The molecule has 2 N–H and O–H groups in total. The minimum atomic E-state index is 0.268. The van der Waals surface area contributed by atoms with Crippen molar-refractivity contribution < 1.29 is 9.47 Å². The van der Waals surface area contributed by atoms with E-state index in [1.54, 1.807) is 7.11 Å². The van der Waals surface area contributed by atoms with E-state index in [0.717, 1.165) is 70.7 Å². The first-order valence-corrected chi connectivity index (χ1v) is 11.4. The van der Waals surface area contributed by atoms with Gasteiger partial charge in [-0.25, -0.2) is 0 Å². The van der Waals surface area contributed by atoms with Crippen LogP contribution in [0.5, 0.6) is 5.75 Å². The summed E-state index contributed by atoms with van der Waals surface area (Å²) >= 11 is 0. The molecular weight excluding hydrogens is 378 g/mol. The fourth-order valence-electron chi connectivity index (χ4n) is 4.32. The standard InChI is InChI=1S/C23H39N5O2/c1-4-24-23(25-17-19(2)27-13-15-30-16-14-27)26-18-21(28-11-7-8-12-28)20-9-5-6-10-22(20)29-3/h5-6,9-10,19,21H,4,7-8,11-18H2,1-3H3,(H2,24,25,26). The third-order valence-corrected chi connectivity index (χ3v) is 6.07. The first-order chi connectivity index (χ1) is 14.7. The van der Waals surface area contributed by atoms with Crippen LogP contribution in [-0.4, -0.2) is 87.9 Å². The monoisotopic (exact) mass is 417 g/mol. The number of ether oxygens (including phenoxy) is 2. The number of likely N-dealkylation sites (tertiary alicyclic amines) is 1.